The number of carbonyl (C=O) groups is 3. The van der Waals surface area contributed by atoms with Crippen LogP contribution in [0.1, 0.15) is 64.8 Å². The summed E-state index contributed by atoms with van der Waals surface area (Å²) in [5.74, 6) is -0.126. The van der Waals surface area contributed by atoms with Crippen molar-refractivity contribution < 1.29 is 19.1 Å². The minimum atomic E-state index is -0.349. The van der Waals surface area contributed by atoms with Gasteiger partial charge in [0.15, 0.2) is 5.78 Å². The van der Waals surface area contributed by atoms with Crippen LogP contribution in [0.25, 0.3) is 0 Å². The summed E-state index contributed by atoms with van der Waals surface area (Å²) >= 11 is 2.83. The van der Waals surface area contributed by atoms with Crippen molar-refractivity contribution in [1.82, 2.24) is 9.97 Å². The number of aryl methyl sites for hydroxylation is 1. The molecule has 4 rings (SSSR count). The maximum absolute atomic E-state index is 13.2. The summed E-state index contributed by atoms with van der Waals surface area (Å²) in [6, 6.07) is 11.4. The number of Topliss-reactive ketones (excluding diaryl/α,β-unsaturated/α-hetero) is 2. The summed E-state index contributed by atoms with van der Waals surface area (Å²) < 4.78 is 5.94. The van der Waals surface area contributed by atoms with Gasteiger partial charge in [-0.05, 0) is 50.5 Å². The Balaban J connectivity index is 1.51. The molecule has 6 nitrogen and oxygen atoms in total. The lowest BCUT2D eigenvalue weighted by molar-refractivity contribution is -0.142. The number of ether oxygens (including phenoxy) is 1. The molecule has 1 aromatic carbocycles. The number of hydrogen-bond donors (Lipinski definition) is 0. The molecule has 8 heteroatoms. The zero-order valence-corrected chi connectivity index (χ0v) is 22.3. The van der Waals surface area contributed by atoms with E-state index in [1.165, 1.54) is 23.1 Å². The predicted molar refractivity (Wildman–Crippen MR) is 141 cm³/mol. The molecular weight excluding hydrogens is 492 g/mol. The largest absolute Gasteiger partial charge is 0.466 e. The second-order valence-corrected chi connectivity index (χ2v) is 11.4. The molecule has 2 heterocycles. The van der Waals surface area contributed by atoms with E-state index in [0.29, 0.717) is 22.9 Å². The zero-order valence-electron chi connectivity index (χ0n) is 20.6. The monoisotopic (exact) mass is 522 g/mol. The Bertz CT molecular complexity index is 1230. The van der Waals surface area contributed by atoms with E-state index in [0.717, 1.165) is 46.0 Å². The van der Waals surface area contributed by atoms with Crippen LogP contribution in [0.3, 0.4) is 0 Å². The Morgan fingerprint density at radius 1 is 1.08 bits per heavy atom. The minimum Gasteiger partial charge on any atom is -0.466 e. The Morgan fingerprint density at radius 3 is 2.61 bits per heavy atom. The highest BCUT2D eigenvalue weighted by Gasteiger charge is 2.26. The average molecular weight is 523 g/mol. The van der Waals surface area contributed by atoms with Crippen LogP contribution in [0.15, 0.2) is 51.8 Å². The van der Waals surface area contributed by atoms with E-state index in [9.17, 15) is 14.4 Å². The van der Waals surface area contributed by atoms with Crippen molar-refractivity contribution >= 4 is 40.6 Å². The number of hydrogen-bond acceptors (Lipinski definition) is 8. The van der Waals surface area contributed by atoms with Gasteiger partial charge in [0, 0.05) is 24.1 Å². The van der Waals surface area contributed by atoms with Gasteiger partial charge in [-0.1, -0.05) is 48.4 Å². The van der Waals surface area contributed by atoms with Crippen LogP contribution in [0.5, 0.6) is 0 Å². The summed E-state index contributed by atoms with van der Waals surface area (Å²) in [6.45, 7) is 4.04. The fraction of sp³-hybridized carbons (Fsp3) is 0.393. The first-order valence-electron chi connectivity index (χ1n) is 12.3. The Kier molecular flexibility index (Phi) is 9.04. The van der Waals surface area contributed by atoms with E-state index < -0.39 is 0 Å². The molecule has 0 amide bonds. The molecule has 36 heavy (non-hydrogen) atoms. The molecule has 0 radical (unpaired) electrons. The first-order valence-corrected chi connectivity index (χ1v) is 13.9. The van der Waals surface area contributed by atoms with Crippen LogP contribution in [0.4, 0.5) is 0 Å². The summed E-state index contributed by atoms with van der Waals surface area (Å²) in [7, 11) is 0. The first kappa shape index (κ1) is 26.2. The van der Waals surface area contributed by atoms with Crippen LogP contribution in [0, 0.1) is 12.8 Å². The van der Waals surface area contributed by atoms with Gasteiger partial charge in [0.25, 0.3) is 0 Å². The molecule has 3 aromatic rings. The number of nitrogens with zero attached hydrogens (tertiary/aromatic N) is 2. The SMILES string of the molecule is CCOC(=O)Cc1nc(CC(=O)Cc2ccc(C)cc2C(=O)C2CCCC2)sc1Sc1ccccn1. The summed E-state index contributed by atoms with van der Waals surface area (Å²) in [6.07, 6.45) is 6.13. The van der Waals surface area contributed by atoms with Gasteiger partial charge in [0.1, 0.15) is 15.8 Å². The van der Waals surface area contributed by atoms with Crippen molar-refractivity contribution in [1.29, 1.82) is 0 Å². The lowest BCUT2D eigenvalue weighted by Crippen LogP contribution is -2.16. The summed E-state index contributed by atoms with van der Waals surface area (Å²) in [5.41, 5.74) is 3.09. The highest BCUT2D eigenvalue weighted by atomic mass is 32.2. The van der Waals surface area contributed by atoms with Gasteiger partial charge in [-0.25, -0.2) is 9.97 Å². The predicted octanol–water partition coefficient (Wildman–Crippen LogP) is 5.83. The fourth-order valence-corrected chi connectivity index (χ4v) is 6.66. The molecule has 0 N–H and O–H groups in total. The van der Waals surface area contributed by atoms with Crippen LogP contribution < -0.4 is 0 Å². The van der Waals surface area contributed by atoms with E-state index in [2.05, 4.69) is 9.97 Å². The number of pyridine rings is 1. The average Bonchev–Trinajstić information content (AvgIpc) is 3.51. The molecule has 2 aromatic heterocycles. The van der Waals surface area contributed by atoms with Crippen molar-refractivity contribution in [2.24, 2.45) is 5.92 Å². The quantitative estimate of drug-likeness (QED) is 0.231. The number of thiazole rings is 1. The lowest BCUT2D eigenvalue weighted by Gasteiger charge is -2.13. The molecule has 0 saturated heterocycles. The molecule has 0 aliphatic heterocycles. The van der Waals surface area contributed by atoms with Crippen molar-refractivity contribution in [2.75, 3.05) is 6.61 Å². The van der Waals surface area contributed by atoms with E-state index in [4.69, 9.17) is 4.74 Å². The number of carbonyl (C=O) groups excluding carboxylic acids is 3. The molecule has 1 aliphatic carbocycles. The van der Waals surface area contributed by atoms with Crippen LogP contribution in [-0.2, 0) is 33.6 Å². The molecule has 0 bridgehead atoms. The molecule has 0 atom stereocenters. The van der Waals surface area contributed by atoms with E-state index in [1.54, 1.807) is 13.1 Å². The Hall–Kier alpha value is -2.84. The van der Waals surface area contributed by atoms with Gasteiger partial charge in [-0.2, -0.15) is 0 Å². The van der Waals surface area contributed by atoms with Crippen molar-refractivity contribution in [3.05, 3.63) is 70.0 Å². The Labute approximate surface area is 219 Å². The molecule has 1 fully saturated rings. The van der Waals surface area contributed by atoms with Gasteiger partial charge < -0.3 is 4.74 Å². The Morgan fingerprint density at radius 2 is 1.89 bits per heavy atom. The van der Waals surface area contributed by atoms with Gasteiger partial charge >= 0.3 is 5.97 Å². The molecule has 188 valence electrons. The topological polar surface area (TPSA) is 86.2 Å². The number of rotatable bonds is 11. The van der Waals surface area contributed by atoms with Crippen molar-refractivity contribution in [3.63, 3.8) is 0 Å². The lowest BCUT2D eigenvalue weighted by atomic mass is 9.90. The summed E-state index contributed by atoms with van der Waals surface area (Å²) in [5, 5.41) is 1.44. The third-order valence-electron chi connectivity index (χ3n) is 6.15. The van der Waals surface area contributed by atoms with Crippen LogP contribution in [-0.4, -0.2) is 34.1 Å². The normalized spacial score (nSPS) is 13.6. The number of benzene rings is 1. The third-order valence-corrected chi connectivity index (χ3v) is 8.41. The van der Waals surface area contributed by atoms with Crippen LogP contribution >= 0.6 is 23.1 Å². The van der Waals surface area contributed by atoms with Gasteiger partial charge in [0.2, 0.25) is 0 Å². The zero-order chi connectivity index (χ0) is 25.5. The highest BCUT2D eigenvalue weighted by Crippen LogP contribution is 2.35. The minimum absolute atomic E-state index is 0.00912. The molecule has 0 spiro atoms. The number of ketones is 2. The molecular formula is C28H30N2O4S2. The first-order chi connectivity index (χ1) is 17.4. The second-order valence-electron chi connectivity index (χ2n) is 8.99. The van der Waals surface area contributed by atoms with Crippen LogP contribution in [0.2, 0.25) is 0 Å². The van der Waals surface area contributed by atoms with E-state index in [1.807, 2.05) is 43.3 Å². The standard InChI is InChI=1S/C28H30N2O4S2/c1-3-34-26(32)17-23-28(35-24-10-6-7-13-29-24)36-25(30-23)16-21(31)15-20-12-11-18(2)14-22(20)27(33)19-8-4-5-9-19/h6-7,10-14,19H,3-5,8-9,15-17H2,1-2H3. The number of esters is 1. The van der Waals surface area contributed by atoms with Crippen molar-refractivity contribution in [2.45, 2.75) is 68.0 Å². The van der Waals surface area contributed by atoms with E-state index >= 15 is 0 Å². The summed E-state index contributed by atoms with van der Waals surface area (Å²) in [4.78, 5) is 47.4. The molecule has 1 saturated carbocycles. The maximum atomic E-state index is 13.2. The van der Waals surface area contributed by atoms with Gasteiger partial charge in [-0.15, -0.1) is 11.3 Å². The number of aromatic nitrogens is 2. The van der Waals surface area contributed by atoms with Crippen molar-refractivity contribution in [3.8, 4) is 0 Å². The highest BCUT2D eigenvalue weighted by molar-refractivity contribution is 8.01. The van der Waals surface area contributed by atoms with Gasteiger partial charge in [0.05, 0.1) is 29.4 Å². The van der Waals surface area contributed by atoms with Gasteiger partial charge in [-0.3, -0.25) is 14.4 Å². The molecule has 0 unspecified atom stereocenters. The second kappa shape index (κ2) is 12.4. The smallest absolute Gasteiger partial charge is 0.311 e. The third kappa shape index (κ3) is 6.89. The fourth-order valence-electron chi connectivity index (χ4n) is 4.43. The maximum Gasteiger partial charge on any atom is 0.311 e. The van der Waals surface area contributed by atoms with E-state index in [-0.39, 0.29) is 42.7 Å². The molecule has 1 aliphatic rings.